The summed E-state index contributed by atoms with van der Waals surface area (Å²) in [5.74, 6) is 1.62. The Balaban J connectivity index is 1.61. The molecule has 0 bridgehead atoms. The Hall–Kier alpha value is -1.34. The number of hydrogen-bond acceptors (Lipinski definition) is 4. The largest absolute Gasteiger partial charge is 0.511 e. The number of nitrogens with zero attached hydrogens (tertiary/aromatic N) is 1. The van der Waals surface area contributed by atoms with E-state index >= 15 is 0 Å². The standard InChI is InChI=1S/C32H49NO3/c1-27(2)10-12-32(14-15-34)13-11-31(7)25(21(32)18-27)22(35)16-24-29(5)17-20(19-33)26(36)28(3,4)23(29)8-9-30(24,31)6/h21,23-25,34,36H,8-18H2,1-7H3/t21-,23-,24+,25-,29-,30+,31+,32+/m0/s1. The summed E-state index contributed by atoms with van der Waals surface area (Å²) in [6.07, 6.45) is 9.72. The molecular weight excluding hydrogens is 446 g/mol. The Morgan fingerprint density at radius 1 is 0.944 bits per heavy atom. The lowest BCUT2D eigenvalue weighted by molar-refractivity contribution is -0.232. The third kappa shape index (κ3) is 3.17. The fourth-order valence-electron chi connectivity index (χ4n) is 11.4. The molecule has 0 aliphatic heterocycles. The van der Waals surface area contributed by atoms with E-state index in [4.69, 9.17) is 0 Å². The van der Waals surface area contributed by atoms with Gasteiger partial charge in [0.2, 0.25) is 0 Å². The molecule has 4 fully saturated rings. The Bertz CT molecular complexity index is 1030. The van der Waals surface area contributed by atoms with E-state index < -0.39 is 5.41 Å². The first kappa shape index (κ1) is 26.3. The van der Waals surface area contributed by atoms with E-state index in [1.54, 1.807) is 0 Å². The number of fused-ring (bicyclic) bond motifs is 7. The highest BCUT2D eigenvalue weighted by Gasteiger charge is 2.72. The van der Waals surface area contributed by atoms with E-state index in [0.29, 0.717) is 30.1 Å². The zero-order valence-electron chi connectivity index (χ0n) is 23.8. The van der Waals surface area contributed by atoms with Crippen molar-refractivity contribution in [2.75, 3.05) is 6.61 Å². The van der Waals surface area contributed by atoms with Crippen LogP contribution in [0.5, 0.6) is 0 Å². The monoisotopic (exact) mass is 495 g/mol. The highest BCUT2D eigenvalue weighted by molar-refractivity contribution is 5.84. The Labute approximate surface area is 218 Å². The molecule has 0 heterocycles. The smallest absolute Gasteiger partial charge is 0.137 e. The van der Waals surface area contributed by atoms with Crippen molar-refractivity contribution in [3.63, 3.8) is 0 Å². The van der Waals surface area contributed by atoms with Crippen LogP contribution in [0.25, 0.3) is 0 Å². The zero-order valence-corrected chi connectivity index (χ0v) is 23.8. The van der Waals surface area contributed by atoms with Gasteiger partial charge in [0.05, 0.1) is 11.6 Å². The lowest BCUT2D eigenvalue weighted by atomic mass is 9.31. The van der Waals surface area contributed by atoms with Crippen LogP contribution in [0, 0.1) is 67.5 Å². The summed E-state index contributed by atoms with van der Waals surface area (Å²) in [5, 5.41) is 31.1. The van der Waals surface area contributed by atoms with E-state index in [2.05, 4.69) is 54.5 Å². The van der Waals surface area contributed by atoms with E-state index in [1.165, 1.54) is 6.42 Å². The number of aliphatic hydroxyl groups excluding tert-OH is 2. The van der Waals surface area contributed by atoms with E-state index in [9.17, 15) is 20.3 Å². The van der Waals surface area contributed by atoms with Crippen LogP contribution in [0.1, 0.15) is 113 Å². The molecule has 8 atom stereocenters. The molecule has 2 N–H and O–H groups in total. The normalized spacial score (nSPS) is 49.2. The quantitative estimate of drug-likeness (QED) is 0.419. The van der Waals surface area contributed by atoms with Gasteiger partial charge in [-0.25, -0.2) is 0 Å². The first-order valence-corrected chi connectivity index (χ1v) is 14.6. The van der Waals surface area contributed by atoms with Crippen LogP contribution in [0.3, 0.4) is 0 Å². The fraction of sp³-hybridized carbons (Fsp3) is 0.875. The minimum atomic E-state index is -0.448. The van der Waals surface area contributed by atoms with Crippen molar-refractivity contribution < 1.29 is 15.0 Å². The van der Waals surface area contributed by atoms with Gasteiger partial charge in [-0.3, -0.25) is 4.79 Å². The van der Waals surface area contributed by atoms with Gasteiger partial charge < -0.3 is 10.2 Å². The highest BCUT2D eigenvalue weighted by Crippen LogP contribution is 2.76. The highest BCUT2D eigenvalue weighted by atomic mass is 16.3. The molecule has 0 aromatic heterocycles. The summed E-state index contributed by atoms with van der Waals surface area (Å²) in [5.41, 5.74) is 0.192. The van der Waals surface area contributed by atoms with Crippen LogP contribution >= 0.6 is 0 Å². The molecule has 5 aliphatic carbocycles. The van der Waals surface area contributed by atoms with Crippen LogP contribution in [0.15, 0.2) is 11.3 Å². The Morgan fingerprint density at radius 2 is 1.61 bits per heavy atom. The zero-order chi connectivity index (χ0) is 26.5. The van der Waals surface area contributed by atoms with Gasteiger partial charge in [0.25, 0.3) is 0 Å². The number of Topliss-reactive ketones (excluding diaryl/α,β-unsaturated/α-hetero) is 1. The molecular formula is C32H49NO3. The summed E-state index contributed by atoms with van der Waals surface area (Å²) < 4.78 is 0. The molecule has 5 aliphatic rings. The van der Waals surface area contributed by atoms with Gasteiger partial charge in [0.15, 0.2) is 0 Å². The SMILES string of the molecule is CC1(C)CC[C@]2(CCO)CC[C@]3(C)[C@H](C(=O)C[C@@H]4[C@@]5(C)CC(C#N)=C(O)C(C)(C)[C@@H]5CC[C@]43C)[C@@H]2C1. The number of allylic oxidation sites excluding steroid dienone is 2. The first-order chi connectivity index (χ1) is 16.6. The molecule has 0 radical (unpaired) electrons. The molecule has 5 rings (SSSR count). The number of carbonyl (C=O) groups excluding carboxylic acids is 1. The van der Waals surface area contributed by atoms with E-state index in [-0.39, 0.29) is 57.2 Å². The first-order valence-electron chi connectivity index (χ1n) is 14.6. The molecule has 200 valence electrons. The van der Waals surface area contributed by atoms with Gasteiger partial charge in [-0.05, 0) is 103 Å². The van der Waals surface area contributed by atoms with Crippen molar-refractivity contribution in [2.24, 2.45) is 56.2 Å². The summed E-state index contributed by atoms with van der Waals surface area (Å²) >= 11 is 0. The van der Waals surface area contributed by atoms with E-state index in [1.807, 2.05) is 0 Å². The van der Waals surface area contributed by atoms with E-state index in [0.717, 1.165) is 44.9 Å². The third-order valence-corrected chi connectivity index (χ3v) is 13.5. The number of carbonyl (C=O) groups is 1. The molecule has 4 nitrogen and oxygen atoms in total. The number of nitriles is 1. The number of aliphatic hydroxyl groups is 2. The average Bonchev–Trinajstić information content (AvgIpc) is 2.79. The van der Waals surface area contributed by atoms with Crippen molar-refractivity contribution in [1.82, 2.24) is 0 Å². The van der Waals surface area contributed by atoms with Crippen molar-refractivity contribution in [3.05, 3.63) is 11.3 Å². The van der Waals surface area contributed by atoms with Gasteiger partial charge in [0.1, 0.15) is 11.5 Å². The number of ketones is 1. The molecule has 4 saturated carbocycles. The molecule has 0 amide bonds. The summed E-state index contributed by atoms with van der Waals surface area (Å²) in [7, 11) is 0. The summed E-state index contributed by atoms with van der Waals surface area (Å²) in [6.45, 7) is 16.4. The second kappa shape index (κ2) is 7.84. The molecule has 0 saturated heterocycles. The minimum absolute atomic E-state index is 0.0212. The number of hydrogen-bond donors (Lipinski definition) is 2. The molecule has 0 spiro atoms. The Morgan fingerprint density at radius 3 is 2.25 bits per heavy atom. The Kier molecular flexibility index (Phi) is 5.72. The third-order valence-electron chi connectivity index (χ3n) is 13.5. The van der Waals surface area contributed by atoms with Gasteiger partial charge in [-0.1, -0.05) is 48.5 Å². The summed E-state index contributed by atoms with van der Waals surface area (Å²) in [4.78, 5) is 14.4. The maximum absolute atomic E-state index is 14.4. The maximum Gasteiger partial charge on any atom is 0.137 e. The molecule has 0 unspecified atom stereocenters. The van der Waals surface area contributed by atoms with Crippen molar-refractivity contribution in [1.29, 1.82) is 5.26 Å². The second-order valence-electron chi connectivity index (χ2n) is 15.8. The van der Waals surface area contributed by atoms with Crippen LogP contribution in [0.2, 0.25) is 0 Å². The maximum atomic E-state index is 14.4. The van der Waals surface area contributed by atoms with Crippen molar-refractivity contribution in [3.8, 4) is 6.07 Å². The van der Waals surface area contributed by atoms with Gasteiger partial charge >= 0.3 is 0 Å². The van der Waals surface area contributed by atoms with Gasteiger partial charge in [-0.2, -0.15) is 5.26 Å². The average molecular weight is 496 g/mol. The van der Waals surface area contributed by atoms with Crippen molar-refractivity contribution >= 4 is 5.78 Å². The van der Waals surface area contributed by atoms with Crippen LogP contribution in [0.4, 0.5) is 0 Å². The number of rotatable bonds is 2. The predicted molar refractivity (Wildman–Crippen MR) is 142 cm³/mol. The second-order valence-corrected chi connectivity index (χ2v) is 15.8. The predicted octanol–water partition coefficient (Wildman–Crippen LogP) is 7.37. The lowest BCUT2D eigenvalue weighted by Crippen LogP contribution is -2.68. The molecule has 0 aromatic carbocycles. The topological polar surface area (TPSA) is 81.3 Å². The molecule has 4 heteroatoms. The van der Waals surface area contributed by atoms with Crippen LogP contribution in [-0.2, 0) is 4.79 Å². The lowest BCUT2D eigenvalue weighted by Gasteiger charge is -2.72. The molecule has 0 aromatic rings. The summed E-state index contributed by atoms with van der Waals surface area (Å²) in [6, 6.07) is 2.34. The van der Waals surface area contributed by atoms with Crippen molar-refractivity contribution in [2.45, 2.75) is 113 Å². The van der Waals surface area contributed by atoms with Crippen LogP contribution < -0.4 is 0 Å². The molecule has 36 heavy (non-hydrogen) atoms. The van der Waals surface area contributed by atoms with Crippen LogP contribution in [-0.4, -0.2) is 22.6 Å². The minimum Gasteiger partial charge on any atom is -0.511 e. The fourth-order valence-corrected chi connectivity index (χ4v) is 11.4. The van der Waals surface area contributed by atoms with Gasteiger partial charge in [-0.15, -0.1) is 0 Å². The van der Waals surface area contributed by atoms with Gasteiger partial charge in [0, 0.05) is 24.4 Å².